The quantitative estimate of drug-likeness (QED) is 0.453. The fourth-order valence-electron chi connectivity index (χ4n) is 2.70. The molecular formula is C21H15Cl2N3O3. The number of aryl methyl sites for hydroxylation is 1. The van der Waals surface area contributed by atoms with E-state index >= 15 is 0 Å². The summed E-state index contributed by atoms with van der Waals surface area (Å²) in [5.74, 6) is 0.490. The number of hydrogen-bond donors (Lipinski definition) is 1. The van der Waals surface area contributed by atoms with E-state index in [9.17, 15) is 4.79 Å². The number of carbonyl (C=O) groups excluding carboxylic acids is 1. The molecule has 0 atom stereocenters. The van der Waals surface area contributed by atoms with Gasteiger partial charge >= 0.3 is 0 Å². The molecule has 0 fully saturated rings. The van der Waals surface area contributed by atoms with Crippen LogP contribution in [0.15, 0.2) is 59.1 Å². The number of oxazole rings is 1. The molecule has 0 aliphatic heterocycles. The number of halogens is 2. The fraction of sp³-hybridized carbons (Fsp3) is 0.0952. The number of pyridine rings is 1. The number of nitrogens with one attached hydrogen (secondary N) is 1. The molecule has 4 rings (SSSR count). The monoisotopic (exact) mass is 427 g/mol. The number of rotatable bonds is 5. The molecule has 6 nitrogen and oxygen atoms in total. The summed E-state index contributed by atoms with van der Waals surface area (Å²) in [4.78, 5) is 20.9. The maximum atomic E-state index is 12.4. The number of anilines is 1. The molecule has 0 aliphatic rings. The second-order valence-electron chi connectivity index (χ2n) is 6.29. The van der Waals surface area contributed by atoms with E-state index in [4.69, 9.17) is 32.4 Å². The van der Waals surface area contributed by atoms with Crippen LogP contribution in [0.3, 0.4) is 0 Å². The third-order valence-corrected chi connectivity index (χ3v) is 4.71. The van der Waals surface area contributed by atoms with Crippen LogP contribution < -0.4 is 10.1 Å². The predicted octanol–water partition coefficient (Wildman–Crippen LogP) is 5.52. The van der Waals surface area contributed by atoms with Gasteiger partial charge in [-0.25, -0.2) is 4.98 Å². The normalized spacial score (nSPS) is 10.9. The first-order valence-corrected chi connectivity index (χ1v) is 9.45. The Morgan fingerprint density at radius 3 is 2.83 bits per heavy atom. The number of nitrogens with zero attached hydrogens (tertiary/aromatic N) is 2. The molecule has 1 amide bonds. The lowest BCUT2D eigenvalue weighted by Crippen LogP contribution is -2.20. The molecule has 0 spiro atoms. The Labute approximate surface area is 176 Å². The molecule has 0 aliphatic carbocycles. The van der Waals surface area contributed by atoms with E-state index in [1.807, 2.05) is 19.1 Å². The van der Waals surface area contributed by atoms with Crippen LogP contribution in [0.2, 0.25) is 10.0 Å². The van der Waals surface area contributed by atoms with Crippen molar-refractivity contribution in [1.82, 2.24) is 9.97 Å². The van der Waals surface area contributed by atoms with Crippen molar-refractivity contribution in [3.8, 4) is 17.2 Å². The molecule has 0 radical (unpaired) electrons. The molecule has 29 heavy (non-hydrogen) atoms. The van der Waals surface area contributed by atoms with Crippen molar-refractivity contribution in [3.63, 3.8) is 0 Å². The lowest BCUT2D eigenvalue weighted by atomic mass is 10.1. The van der Waals surface area contributed by atoms with Gasteiger partial charge in [0.2, 0.25) is 5.89 Å². The van der Waals surface area contributed by atoms with E-state index in [1.54, 1.807) is 42.6 Å². The molecule has 1 N–H and O–H groups in total. The maximum absolute atomic E-state index is 12.4. The number of aromatic nitrogens is 2. The highest BCUT2D eigenvalue weighted by molar-refractivity contribution is 6.35. The number of fused-ring (bicyclic) bond motifs is 1. The van der Waals surface area contributed by atoms with E-state index in [1.165, 1.54) is 0 Å². The molecule has 0 bridgehead atoms. The van der Waals surface area contributed by atoms with Gasteiger partial charge in [0, 0.05) is 22.5 Å². The van der Waals surface area contributed by atoms with Crippen molar-refractivity contribution < 1.29 is 13.9 Å². The van der Waals surface area contributed by atoms with Gasteiger partial charge in [0.15, 0.2) is 17.8 Å². The summed E-state index contributed by atoms with van der Waals surface area (Å²) >= 11 is 11.9. The summed E-state index contributed by atoms with van der Waals surface area (Å²) in [6, 6.07) is 13.9. The lowest BCUT2D eigenvalue weighted by molar-refractivity contribution is -0.118. The number of carbonyl (C=O) groups is 1. The van der Waals surface area contributed by atoms with Gasteiger partial charge in [-0.3, -0.25) is 4.79 Å². The summed E-state index contributed by atoms with van der Waals surface area (Å²) < 4.78 is 11.2. The second-order valence-corrected chi connectivity index (χ2v) is 7.13. The lowest BCUT2D eigenvalue weighted by Gasteiger charge is -2.11. The Kier molecular flexibility index (Phi) is 5.38. The van der Waals surface area contributed by atoms with Crippen LogP contribution in [0.4, 0.5) is 5.69 Å². The summed E-state index contributed by atoms with van der Waals surface area (Å²) in [5.41, 5.74) is 3.38. The second kappa shape index (κ2) is 8.11. The van der Waals surface area contributed by atoms with Gasteiger partial charge in [-0.15, -0.1) is 0 Å². The smallest absolute Gasteiger partial charge is 0.262 e. The van der Waals surface area contributed by atoms with Crippen LogP contribution in [-0.2, 0) is 4.79 Å². The maximum Gasteiger partial charge on any atom is 0.262 e. The average Bonchev–Trinajstić information content (AvgIpc) is 3.13. The van der Waals surface area contributed by atoms with E-state index in [-0.39, 0.29) is 12.5 Å². The largest absolute Gasteiger partial charge is 0.482 e. The highest BCUT2D eigenvalue weighted by Gasteiger charge is 2.13. The van der Waals surface area contributed by atoms with Crippen LogP contribution in [0.5, 0.6) is 5.75 Å². The zero-order valence-electron chi connectivity index (χ0n) is 15.3. The minimum absolute atomic E-state index is 0.197. The SMILES string of the molecule is Cc1ccc(-c2nc3ncccc3o2)cc1NC(=O)COc1ccc(Cl)cc1Cl. The van der Waals surface area contributed by atoms with Crippen molar-refractivity contribution in [1.29, 1.82) is 0 Å². The van der Waals surface area contributed by atoms with Gasteiger partial charge in [-0.2, -0.15) is 4.98 Å². The van der Waals surface area contributed by atoms with Gasteiger partial charge in [0.1, 0.15) is 5.75 Å². The van der Waals surface area contributed by atoms with Crippen LogP contribution in [-0.4, -0.2) is 22.5 Å². The molecule has 0 saturated heterocycles. The Hall–Kier alpha value is -3.09. The van der Waals surface area contributed by atoms with Gasteiger partial charge in [-0.1, -0.05) is 29.3 Å². The third kappa shape index (κ3) is 4.34. The average molecular weight is 428 g/mol. The molecule has 8 heteroatoms. The van der Waals surface area contributed by atoms with Gasteiger partial charge in [0.05, 0.1) is 5.02 Å². The molecule has 0 saturated carbocycles. The topological polar surface area (TPSA) is 77.3 Å². The first kappa shape index (κ1) is 19.2. The van der Waals surface area contributed by atoms with Crippen LogP contribution in [0, 0.1) is 6.92 Å². The Balaban J connectivity index is 1.49. The molecule has 2 aromatic heterocycles. The van der Waals surface area contributed by atoms with E-state index < -0.39 is 0 Å². The summed E-state index contributed by atoms with van der Waals surface area (Å²) in [5, 5.41) is 3.67. The molecular weight excluding hydrogens is 413 g/mol. The molecule has 2 heterocycles. The van der Waals surface area contributed by atoms with Crippen molar-refractivity contribution in [2.24, 2.45) is 0 Å². The number of hydrogen-bond acceptors (Lipinski definition) is 5. The predicted molar refractivity (Wildman–Crippen MR) is 113 cm³/mol. The fourth-order valence-corrected chi connectivity index (χ4v) is 3.17. The van der Waals surface area contributed by atoms with Crippen molar-refractivity contribution in [2.75, 3.05) is 11.9 Å². The van der Waals surface area contributed by atoms with Gasteiger partial charge < -0.3 is 14.5 Å². The summed E-state index contributed by atoms with van der Waals surface area (Å²) in [7, 11) is 0. The van der Waals surface area contributed by atoms with Crippen LogP contribution in [0.25, 0.3) is 22.7 Å². The van der Waals surface area contributed by atoms with Gasteiger partial charge in [0.25, 0.3) is 5.91 Å². The standard InChI is InChI=1S/C21H15Cl2N3O3/c1-12-4-5-13(21-26-20-18(29-21)3-2-8-24-20)9-16(12)25-19(27)11-28-17-7-6-14(22)10-15(17)23/h2-10H,11H2,1H3,(H,25,27). The molecule has 146 valence electrons. The number of benzene rings is 2. The van der Waals surface area contributed by atoms with Crippen molar-refractivity contribution in [3.05, 3.63) is 70.3 Å². The minimum Gasteiger partial charge on any atom is -0.482 e. The Morgan fingerprint density at radius 2 is 2.03 bits per heavy atom. The first-order valence-electron chi connectivity index (χ1n) is 8.70. The number of ether oxygens (including phenoxy) is 1. The van der Waals surface area contributed by atoms with Crippen molar-refractivity contribution in [2.45, 2.75) is 6.92 Å². The third-order valence-electron chi connectivity index (χ3n) is 4.18. The first-order chi connectivity index (χ1) is 14.0. The summed E-state index contributed by atoms with van der Waals surface area (Å²) in [6.45, 7) is 1.70. The van der Waals surface area contributed by atoms with E-state index in [0.29, 0.717) is 38.6 Å². The van der Waals surface area contributed by atoms with E-state index in [2.05, 4.69) is 15.3 Å². The highest BCUT2D eigenvalue weighted by atomic mass is 35.5. The van der Waals surface area contributed by atoms with Crippen LogP contribution in [0.1, 0.15) is 5.56 Å². The molecule has 2 aromatic carbocycles. The summed E-state index contributed by atoms with van der Waals surface area (Å²) in [6.07, 6.45) is 1.66. The van der Waals surface area contributed by atoms with Crippen molar-refractivity contribution >= 4 is 46.0 Å². The number of amides is 1. The molecule has 4 aromatic rings. The Morgan fingerprint density at radius 1 is 1.17 bits per heavy atom. The van der Waals surface area contributed by atoms with Crippen LogP contribution >= 0.6 is 23.2 Å². The zero-order chi connectivity index (χ0) is 20.4. The Bertz CT molecular complexity index is 1170. The zero-order valence-corrected chi connectivity index (χ0v) is 16.8. The van der Waals surface area contributed by atoms with E-state index in [0.717, 1.165) is 11.1 Å². The minimum atomic E-state index is -0.324. The molecule has 0 unspecified atom stereocenters. The highest BCUT2D eigenvalue weighted by Crippen LogP contribution is 2.29. The van der Waals surface area contributed by atoms with Gasteiger partial charge in [-0.05, 0) is 55.0 Å².